The Hall–Kier alpha value is -3.26. The van der Waals surface area contributed by atoms with Crippen molar-refractivity contribution in [3.8, 4) is 0 Å². The summed E-state index contributed by atoms with van der Waals surface area (Å²) in [6.07, 6.45) is 3.34. The highest BCUT2D eigenvalue weighted by atomic mass is 35.5. The average Bonchev–Trinajstić information content (AvgIpc) is 2.82. The van der Waals surface area contributed by atoms with E-state index in [2.05, 4.69) is 10.6 Å². The van der Waals surface area contributed by atoms with Gasteiger partial charge in [-0.1, -0.05) is 23.7 Å². The molecule has 0 spiro atoms. The van der Waals surface area contributed by atoms with E-state index in [-0.39, 0.29) is 30.6 Å². The summed E-state index contributed by atoms with van der Waals surface area (Å²) in [6, 6.07) is 10.7. The Morgan fingerprint density at radius 2 is 1.71 bits per heavy atom. The molecule has 1 aliphatic heterocycles. The van der Waals surface area contributed by atoms with Gasteiger partial charge < -0.3 is 25.4 Å². The molecule has 3 amide bonds. The van der Waals surface area contributed by atoms with Crippen LogP contribution in [0.15, 0.2) is 36.4 Å². The average molecular weight is 500 g/mol. The van der Waals surface area contributed by atoms with E-state index in [0.717, 1.165) is 29.5 Å². The van der Waals surface area contributed by atoms with E-state index in [0.29, 0.717) is 48.7 Å². The van der Waals surface area contributed by atoms with Crippen LogP contribution in [0.5, 0.6) is 0 Å². The Labute approximate surface area is 209 Å². The monoisotopic (exact) mass is 499 g/mol. The topological polar surface area (TPSA) is 108 Å². The van der Waals surface area contributed by atoms with E-state index >= 15 is 0 Å². The minimum atomic E-state index is -0.771. The predicted octanol–water partition coefficient (Wildman–Crippen LogP) is 5.82. The van der Waals surface area contributed by atoms with Gasteiger partial charge in [-0.15, -0.1) is 0 Å². The van der Waals surface area contributed by atoms with Crippen LogP contribution in [0.4, 0.5) is 21.0 Å². The summed E-state index contributed by atoms with van der Waals surface area (Å²) in [4.78, 5) is 37.7. The van der Waals surface area contributed by atoms with Crippen molar-refractivity contribution in [1.29, 1.82) is 0 Å². The molecule has 4 rings (SSSR count). The molecule has 8 nitrogen and oxygen atoms in total. The Kier molecular flexibility index (Phi) is 7.80. The predicted molar refractivity (Wildman–Crippen MR) is 134 cm³/mol. The van der Waals surface area contributed by atoms with Crippen LogP contribution >= 0.6 is 11.6 Å². The van der Waals surface area contributed by atoms with Crippen LogP contribution in [0.3, 0.4) is 0 Å². The molecule has 1 fully saturated rings. The normalized spacial score (nSPS) is 19.4. The summed E-state index contributed by atoms with van der Waals surface area (Å²) in [5.41, 5.74) is 4.33. The molecule has 0 saturated heterocycles. The number of anilines is 2. The van der Waals surface area contributed by atoms with Crippen molar-refractivity contribution in [3.05, 3.63) is 58.1 Å². The number of halogens is 1. The number of carboxylic acids is 1. The van der Waals surface area contributed by atoms with Crippen LogP contribution in [0.1, 0.15) is 48.8 Å². The van der Waals surface area contributed by atoms with Crippen LogP contribution in [-0.4, -0.2) is 40.7 Å². The van der Waals surface area contributed by atoms with E-state index in [9.17, 15) is 14.4 Å². The van der Waals surface area contributed by atoms with Crippen molar-refractivity contribution in [2.45, 2.75) is 58.1 Å². The van der Waals surface area contributed by atoms with Crippen molar-refractivity contribution in [3.63, 3.8) is 0 Å². The summed E-state index contributed by atoms with van der Waals surface area (Å²) in [5.74, 6) is -0.600. The van der Waals surface area contributed by atoms with E-state index in [1.54, 1.807) is 17.0 Å². The molecule has 0 aromatic heterocycles. The maximum absolute atomic E-state index is 12.7. The van der Waals surface area contributed by atoms with Crippen LogP contribution in [0.25, 0.3) is 0 Å². The standard InChI is InChI=1S/C26H30ClN3O5/c1-16-2-6-21(14-23(16)27)29-25(33)28-20-7-5-19-15-30(11-10-18(19)13-20)26(34)35-22-8-3-17(4-9-22)12-24(31)32/h2,5-7,13-14,17,22H,3-4,8-12,15H2,1H3,(H,31,32)(H2,28,29,33)/t17-,22-. The van der Waals surface area contributed by atoms with E-state index in [1.807, 2.05) is 31.2 Å². The minimum Gasteiger partial charge on any atom is -0.481 e. The fourth-order valence-electron chi connectivity index (χ4n) is 4.67. The zero-order valence-electron chi connectivity index (χ0n) is 19.7. The Balaban J connectivity index is 1.27. The van der Waals surface area contributed by atoms with Crippen LogP contribution < -0.4 is 10.6 Å². The van der Waals surface area contributed by atoms with Crippen molar-refractivity contribution in [1.82, 2.24) is 4.90 Å². The summed E-state index contributed by atoms with van der Waals surface area (Å²) in [6.45, 7) is 2.89. The number of carboxylic acid groups (broad SMARTS) is 1. The third-order valence-electron chi connectivity index (χ3n) is 6.69. The summed E-state index contributed by atoms with van der Waals surface area (Å²) >= 11 is 6.12. The molecule has 2 aromatic carbocycles. The lowest BCUT2D eigenvalue weighted by molar-refractivity contribution is -0.138. The van der Waals surface area contributed by atoms with Gasteiger partial charge in [-0.05, 0) is 85.9 Å². The lowest BCUT2D eigenvalue weighted by Crippen LogP contribution is -2.39. The van der Waals surface area contributed by atoms with Gasteiger partial charge in [-0.2, -0.15) is 0 Å². The SMILES string of the molecule is Cc1ccc(NC(=O)Nc2ccc3c(c2)CCN(C(=O)O[C@H]2CC[C@H](CC(=O)O)CC2)C3)cc1Cl. The minimum absolute atomic E-state index is 0.151. The Bertz CT molecular complexity index is 1110. The third kappa shape index (κ3) is 6.66. The third-order valence-corrected chi connectivity index (χ3v) is 7.10. The summed E-state index contributed by atoms with van der Waals surface area (Å²) < 4.78 is 5.71. The lowest BCUT2D eigenvalue weighted by Gasteiger charge is -2.32. The van der Waals surface area contributed by atoms with E-state index in [4.69, 9.17) is 21.4 Å². The van der Waals surface area contributed by atoms with Gasteiger partial charge in [-0.25, -0.2) is 9.59 Å². The number of benzene rings is 2. The molecule has 2 aliphatic rings. The van der Waals surface area contributed by atoms with E-state index in [1.165, 1.54) is 0 Å². The molecule has 1 saturated carbocycles. The number of aliphatic carboxylic acids is 1. The first-order chi connectivity index (χ1) is 16.8. The smallest absolute Gasteiger partial charge is 0.410 e. The lowest BCUT2D eigenvalue weighted by atomic mass is 9.85. The number of carbonyl (C=O) groups is 3. The fourth-order valence-corrected chi connectivity index (χ4v) is 4.85. The number of ether oxygens (including phenoxy) is 1. The molecule has 35 heavy (non-hydrogen) atoms. The number of amides is 3. The molecule has 1 heterocycles. The van der Waals surface area contributed by atoms with Crippen molar-refractivity contribution in [2.75, 3.05) is 17.2 Å². The molecular formula is C26H30ClN3O5. The maximum Gasteiger partial charge on any atom is 0.410 e. The molecule has 0 unspecified atom stereocenters. The molecule has 1 aliphatic carbocycles. The number of fused-ring (bicyclic) bond motifs is 1. The maximum atomic E-state index is 12.7. The highest BCUT2D eigenvalue weighted by Gasteiger charge is 2.28. The van der Waals surface area contributed by atoms with Gasteiger partial charge >= 0.3 is 18.1 Å². The number of rotatable bonds is 5. The number of nitrogens with one attached hydrogen (secondary N) is 2. The van der Waals surface area contributed by atoms with Gasteiger partial charge in [-0.3, -0.25) is 4.79 Å². The second kappa shape index (κ2) is 11.0. The first-order valence-corrected chi connectivity index (χ1v) is 12.3. The molecular weight excluding hydrogens is 470 g/mol. The quantitative estimate of drug-likeness (QED) is 0.480. The fraction of sp³-hybridized carbons (Fsp3) is 0.423. The second-order valence-corrected chi connectivity index (χ2v) is 9.73. The van der Waals surface area contributed by atoms with Gasteiger partial charge in [0, 0.05) is 35.9 Å². The first kappa shape index (κ1) is 24.9. The highest BCUT2D eigenvalue weighted by molar-refractivity contribution is 6.31. The summed E-state index contributed by atoms with van der Waals surface area (Å²) in [5, 5.41) is 15.2. The van der Waals surface area contributed by atoms with Crippen LogP contribution in [0.2, 0.25) is 5.02 Å². The molecule has 0 atom stereocenters. The zero-order chi connectivity index (χ0) is 24.9. The van der Waals surface area contributed by atoms with Crippen LogP contribution in [-0.2, 0) is 22.5 Å². The van der Waals surface area contributed by atoms with Gasteiger partial charge in [0.05, 0.1) is 0 Å². The van der Waals surface area contributed by atoms with Gasteiger partial charge in [0.2, 0.25) is 0 Å². The van der Waals surface area contributed by atoms with Crippen LogP contribution in [0, 0.1) is 12.8 Å². The number of hydrogen-bond acceptors (Lipinski definition) is 4. The van der Waals surface area contributed by atoms with Gasteiger partial charge in [0.1, 0.15) is 6.10 Å². The molecule has 186 valence electrons. The highest BCUT2D eigenvalue weighted by Crippen LogP contribution is 2.30. The zero-order valence-corrected chi connectivity index (χ0v) is 20.4. The Morgan fingerprint density at radius 1 is 1.03 bits per heavy atom. The second-order valence-electron chi connectivity index (χ2n) is 9.32. The van der Waals surface area contributed by atoms with Crippen molar-refractivity contribution < 1.29 is 24.2 Å². The number of aryl methyl sites for hydroxylation is 1. The number of nitrogens with zero attached hydrogens (tertiary/aromatic N) is 1. The number of carbonyl (C=O) groups excluding carboxylic acids is 2. The first-order valence-electron chi connectivity index (χ1n) is 11.9. The largest absolute Gasteiger partial charge is 0.481 e. The molecule has 0 bridgehead atoms. The van der Waals surface area contributed by atoms with Gasteiger partial charge in [0.15, 0.2) is 0 Å². The number of urea groups is 1. The summed E-state index contributed by atoms with van der Waals surface area (Å²) in [7, 11) is 0. The number of hydrogen-bond donors (Lipinski definition) is 3. The van der Waals surface area contributed by atoms with E-state index < -0.39 is 5.97 Å². The van der Waals surface area contributed by atoms with Gasteiger partial charge in [0.25, 0.3) is 0 Å². The van der Waals surface area contributed by atoms with Crippen molar-refractivity contribution >= 4 is 41.1 Å². The molecule has 9 heteroatoms. The molecule has 0 radical (unpaired) electrons. The Morgan fingerprint density at radius 3 is 2.40 bits per heavy atom. The molecule has 3 N–H and O–H groups in total. The van der Waals surface area contributed by atoms with Crippen molar-refractivity contribution in [2.24, 2.45) is 5.92 Å². The molecule has 2 aromatic rings.